The topological polar surface area (TPSA) is 124 Å². The van der Waals surface area contributed by atoms with Gasteiger partial charge in [0.25, 0.3) is 0 Å². The second-order valence-corrected chi connectivity index (χ2v) is 10.6. The Hall–Kier alpha value is -3.06. The third-order valence-electron chi connectivity index (χ3n) is 7.28. The zero-order chi connectivity index (χ0) is 29.2. The number of rotatable bonds is 5. The Morgan fingerprint density at radius 3 is 2.97 bits per heavy atom. The van der Waals surface area contributed by atoms with Crippen LogP contribution in [0.5, 0.6) is 0 Å². The predicted octanol–water partition coefficient (Wildman–Crippen LogP) is 3.71. The fourth-order valence-corrected chi connectivity index (χ4v) is 5.65. The molecule has 208 valence electrons. The van der Waals surface area contributed by atoms with Gasteiger partial charge in [-0.3, -0.25) is 0 Å². The van der Waals surface area contributed by atoms with Gasteiger partial charge >= 0.3 is 6.09 Å². The lowest BCUT2D eigenvalue weighted by Crippen LogP contribution is -2.48. The Bertz CT molecular complexity index is 1510. The number of anilines is 1. The monoisotopic (exact) mass is 562 g/mol. The molecule has 11 nitrogen and oxygen atoms in total. The fourth-order valence-electron chi connectivity index (χ4n) is 5.45. The highest BCUT2D eigenvalue weighted by atomic mass is 35.5. The van der Waals surface area contributed by atoms with Crippen molar-refractivity contribution in [3.63, 3.8) is 0 Å². The molecule has 3 aromatic rings. The molecule has 3 saturated heterocycles. The van der Waals surface area contributed by atoms with E-state index in [0.717, 1.165) is 0 Å². The molecule has 2 bridgehead atoms. The van der Waals surface area contributed by atoms with Gasteiger partial charge in [-0.05, 0) is 38.8 Å². The Labute approximate surface area is 232 Å². The van der Waals surface area contributed by atoms with Crippen molar-refractivity contribution >= 4 is 34.7 Å². The van der Waals surface area contributed by atoms with E-state index in [1.807, 2.05) is 18.4 Å². The van der Waals surface area contributed by atoms with Crippen molar-refractivity contribution in [1.82, 2.24) is 24.4 Å². The number of nitrogens with zero attached hydrogens (tertiary/aromatic N) is 5. The molecule has 5 atom stereocenters. The van der Waals surface area contributed by atoms with Gasteiger partial charge in [-0.15, -0.1) is 0 Å². The summed E-state index contributed by atoms with van der Waals surface area (Å²) in [4.78, 5) is 27.0. The number of hydrogen-bond acceptors (Lipinski definition) is 9. The van der Waals surface area contributed by atoms with Crippen LogP contribution in [-0.4, -0.2) is 87.0 Å². The fraction of sp³-hybridized carbons (Fsp3) is 0.538. The Balaban J connectivity index is 1.36. The molecular formula is C26H30ClFN6O5. The second kappa shape index (κ2) is 10.2. The number of amides is 1. The summed E-state index contributed by atoms with van der Waals surface area (Å²) in [5, 5.41) is 13.7. The van der Waals surface area contributed by atoms with Gasteiger partial charge in [0.05, 0.1) is 48.3 Å². The molecular weight excluding hydrogens is 531 g/mol. The summed E-state index contributed by atoms with van der Waals surface area (Å²) >= 11 is 6.48. The normalized spacial score (nSPS) is 28.6. The number of nitrogens with one attached hydrogen (secondary N) is 1. The minimum Gasteiger partial charge on any atom is -0.453 e. The molecule has 5 heterocycles. The zero-order valence-corrected chi connectivity index (χ0v) is 22.4. The van der Waals surface area contributed by atoms with Gasteiger partial charge in [-0.2, -0.15) is 0 Å². The first-order chi connectivity index (χ1) is 19.5. The summed E-state index contributed by atoms with van der Waals surface area (Å²) in [6.45, 7) is 4.91. The third-order valence-corrected chi connectivity index (χ3v) is 7.55. The molecule has 2 aromatic heterocycles. The van der Waals surface area contributed by atoms with Crippen LogP contribution in [0.2, 0.25) is 5.02 Å². The first-order valence-electron chi connectivity index (χ1n) is 13.8. The molecule has 39 heavy (non-hydrogen) atoms. The highest BCUT2D eigenvalue weighted by Crippen LogP contribution is 2.36. The lowest BCUT2D eigenvalue weighted by atomic mass is 10.0. The van der Waals surface area contributed by atoms with E-state index in [4.69, 9.17) is 28.6 Å². The SMILES string of the molecule is [2H]C1([2H])[C@H]2CO[C@H](O2)[C@@H](O)[C@@H]1Nc1ncc(Cl)c(-c2cc(F)c3nc([C@@H]4CCN(C(=O)OC)C4)n(C(C)C)c3c2)n1. The molecule has 3 aliphatic rings. The summed E-state index contributed by atoms with van der Waals surface area (Å²) in [6.07, 6.45) is -3.51. The first-order valence-corrected chi connectivity index (χ1v) is 13.2. The number of methoxy groups -OCH3 is 1. The van der Waals surface area contributed by atoms with E-state index in [0.29, 0.717) is 36.4 Å². The van der Waals surface area contributed by atoms with Gasteiger partial charge in [0, 0.05) is 33.4 Å². The molecule has 3 aliphatic heterocycles. The molecule has 0 unspecified atom stereocenters. The van der Waals surface area contributed by atoms with Gasteiger partial charge in [-0.1, -0.05) is 11.6 Å². The van der Waals surface area contributed by atoms with Crippen LogP contribution < -0.4 is 5.32 Å². The first kappa shape index (κ1) is 23.8. The van der Waals surface area contributed by atoms with E-state index in [2.05, 4.69) is 20.3 Å². The Kier molecular flexibility index (Phi) is 6.20. The molecule has 1 amide bonds. The molecule has 13 heteroatoms. The summed E-state index contributed by atoms with van der Waals surface area (Å²) in [5.74, 6) is 0.0349. The maximum Gasteiger partial charge on any atom is 0.409 e. The van der Waals surface area contributed by atoms with Crippen LogP contribution in [0.3, 0.4) is 0 Å². The second-order valence-electron chi connectivity index (χ2n) is 10.2. The molecule has 0 spiro atoms. The number of aromatic nitrogens is 4. The zero-order valence-electron chi connectivity index (χ0n) is 23.6. The lowest BCUT2D eigenvalue weighted by molar-refractivity contribution is -0.156. The largest absolute Gasteiger partial charge is 0.453 e. The van der Waals surface area contributed by atoms with Crippen LogP contribution in [-0.2, 0) is 14.2 Å². The highest BCUT2D eigenvalue weighted by molar-refractivity contribution is 6.33. The maximum atomic E-state index is 15.6. The van der Waals surface area contributed by atoms with Crippen molar-refractivity contribution in [3.8, 4) is 11.3 Å². The van der Waals surface area contributed by atoms with E-state index in [9.17, 15) is 9.90 Å². The quantitative estimate of drug-likeness (QED) is 0.479. The maximum absolute atomic E-state index is 15.6. The van der Waals surface area contributed by atoms with Crippen LogP contribution in [0, 0.1) is 5.82 Å². The molecule has 0 radical (unpaired) electrons. The van der Waals surface area contributed by atoms with Crippen LogP contribution >= 0.6 is 11.6 Å². The number of ether oxygens (including phenoxy) is 3. The van der Waals surface area contributed by atoms with Crippen molar-refractivity contribution < 1.29 is 31.2 Å². The lowest BCUT2D eigenvalue weighted by Gasteiger charge is -2.32. The summed E-state index contributed by atoms with van der Waals surface area (Å²) < 4.78 is 50.2. The van der Waals surface area contributed by atoms with Gasteiger partial charge in [0.2, 0.25) is 5.95 Å². The van der Waals surface area contributed by atoms with Crippen LogP contribution in [0.1, 0.15) is 47.2 Å². The average Bonchev–Trinajstić information content (AvgIpc) is 3.68. The van der Waals surface area contributed by atoms with Gasteiger partial charge in [0.1, 0.15) is 17.4 Å². The van der Waals surface area contributed by atoms with Crippen molar-refractivity contribution in [2.45, 2.75) is 63.1 Å². The van der Waals surface area contributed by atoms with E-state index in [-0.39, 0.29) is 40.7 Å². The van der Waals surface area contributed by atoms with Crippen molar-refractivity contribution in [3.05, 3.63) is 35.0 Å². The van der Waals surface area contributed by atoms with E-state index < -0.39 is 42.8 Å². The minimum atomic E-state index is -1.98. The molecule has 0 saturated carbocycles. The molecule has 2 N–H and O–H groups in total. The Morgan fingerprint density at radius 1 is 1.38 bits per heavy atom. The van der Waals surface area contributed by atoms with Crippen molar-refractivity contribution in [2.75, 3.05) is 32.1 Å². The smallest absolute Gasteiger partial charge is 0.409 e. The number of likely N-dealkylation sites (tertiary alicyclic amines) is 1. The number of fused-ring (bicyclic) bond motifs is 3. The number of aliphatic hydroxyl groups is 1. The number of halogens is 2. The molecule has 1 aromatic carbocycles. The average molecular weight is 563 g/mol. The van der Waals surface area contributed by atoms with E-state index in [1.165, 1.54) is 19.4 Å². The number of carbonyl (C=O) groups excluding carboxylic acids is 1. The van der Waals surface area contributed by atoms with Gasteiger partial charge < -0.3 is 34.1 Å². The van der Waals surface area contributed by atoms with Crippen molar-refractivity contribution in [1.29, 1.82) is 0 Å². The minimum absolute atomic E-state index is 0.00560. The van der Waals surface area contributed by atoms with Gasteiger partial charge in [-0.25, -0.2) is 24.1 Å². The molecule has 3 fully saturated rings. The number of aliphatic hydroxyl groups excluding tert-OH is 1. The predicted molar refractivity (Wildman–Crippen MR) is 140 cm³/mol. The van der Waals surface area contributed by atoms with Crippen LogP contribution in [0.15, 0.2) is 18.3 Å². The van der Waals surface area contributed by atoms with E-state index >= 15 is 4.39 Å². The Morgan fingerprint density at radius 2 is 2.21 bits per heavy atom. The van der Waals surface area contributed by atoms with Crippen LogP contribution in [0.25, 0.3) is 22.3 Å². The van der Waals surface area contributed by atoms with E-state index in [1.54, 1.807) is 11.0 Å². The number of imidazole rings is 1. The number of carbonyl (C=O) groups is 1. The number of hydrogen-bond donors (Lipinski definition) is 2. The standard InChI is InChI=1S/C26H30ClFN6O5/c1-12(2)34-19-7-14(6-17(28)21(19)31-23(34)13-4-5-33(10-13)26(36)37-3)20-16(27)9-29-25(32-20)30-18-8-15-11-38-24(39-15)22(18)35/h6-7,9,12-13,15,18,22,24,35H,4-5,8,10-11H2,1-3H3,(H,29,30,32)/t13-,15+,18-,22+,24-/m1/s1/i8D2. The van der Waals surface area contributed by atoms with Crippen LogP contribution in [0.4, 0.5) is 15.1 Å². The third kappa shape index (κ3) is 4.69. The molecule has 6 rings (SSSR count). The molecule has 0 aliphatic carbocycles. The van der Waals surface area contributed by atoms with Crippen molar-refractivity contribution in [2.24, 2.45) is 0 Å². The summed E-state index contributed by atoms with van der Waals surface area (Å²) in [6, 6.07) is 1.87. The number of benzene rings is 1. The highest BCUT2D eigenvalue weighted by Gasteiger charge is 2.43. The summed E-state index contributed by atoms with van der Waals surface area (Å²) in [7, 11) is 1.34. The van der Waals surface area contributed by atoms with Gasteiger partial charge in [0.15, 0.2) is 12.1 Å². The summed E-state index contributed by atoms with van der Waals surface area (Å²) in [5.41, 5.74) is 1.35.